The smallest absolute Gasteiger partial charge is 0.374 e. The van der Waals surface area contributed by atoms with E-state index in [2.05, 4.69) is 5.32 Å². The molecule has 0 saturated heterocycles. The molecule has 0 spiro atoms. The number of halogens is 1. The summed E-state index contributed by atoms with van der Waals surface area (Å²) in [6.07, 6.45) is 0.664. The van der Waals surface area contributed by atoms with Gasteiger partial charge in [-0.1, -0.05) is 44.0 Å². The van der Waals surface area contributed by atoms with E-state index in [9.17, 15) is 14.4 Å². The van der Waals surface area contributed by atoms with Crippen molar-refractivity contribution in [1.82, 2.24) is 5.32 Å². The number of hydrogen-bond donors (Lipinski definition) is 1. The molecule has 8 heteroatoms. The third-order valence-corrected chi connectivity index (χ3v) is 4.60. The van der Waals surface area contributed by atoms with Crippen LogP contribution >= 0.6 is 11.6 Å². The number of hydrogen-bond acceptors (Lipinski definition) is 6. The fourth-order valence-corrected chi connectivity index (χ4v) is 2.70. The molecule has 0 fully saturated rings. The van der Waals surface area contributed by atoms with Crippen molar-refractivity contribution in [2.75, 3.05) is 13.7 Å². The highest BCUT2D eigenvalue weighted by Crippen LogP contribution is 2.29. The van der Waals surface area contributed by atoms with Gasteiger partial charge in [0.05, 0.1) is 12.1 Å². The minimum atomic E-state index is -0.809. The van der Waals surface area contributed by atoms with Crippen LogP contribution in [-0.4, -0.2) is 37.6 Å². The Labute approximate surface area is 167 Å². The Kier molecular flexibility index (Phi) is 7.63. The number of carbonyl (C=O) groups excluding carboxylic acids is 3. The zero-order chi connectivity index (χ0) is 20.7. The monoisotopic (exact) mass is 407 g/mol. The summed E-state index contributed by atoms with van der Waals surface area (Å²) in [4.78, 5) is 36.0. The van der Waals surface area contributed by atoms with Crippen molar-refractivity contribution < 1.29 is 28.3 Å². The molecular formula is C20H22ClNO6. The average Bonchev–Trinajstić information content (AvgIpc) is 3.19. The Balaban J connectivity index is 1.96. The van der Waals surface area contributed by atoms with E-state index >= 15 is 0 Å². The van der Waals surface area contributed by atoms with Gasteiger partial charge in [0.1, 0.15) is 11.8 Å². The zero-order valence-electron chi connectivity index (χ0n) is 15.9. The summed E-state index contributed by atoms with van der Waals surface area (Å²) in [5, 5.41) is 3.01. The summed E-state index contributed by atoms with van der Waals surface area (Å²) < 4.78 is 15.1. The van der Waals surface area contributed by atoms with Crippen molar-refractivity contribution in [3.8, 4) is 11.3 Å². The first kappa shape index (κ1) is 21.5. The molecule has 150 valence electrons. The van der Waals surface area contributed by atoms with E-state index in [4.69, 9.17) is 25.5 Å². The summed E-state index contributed by atoms with van der Waals surface area (Å²) in [5.41, 5.74) is 0.635. The SMILES string of the molecule is CC[C@H](C)[C@H](NC(=O)COC(=O)c1ccc(-c2ccccc2Cl)o1)C(=O)OC. The van der Waals surface area contributed by atoms with Crippen LogP contribution in [-0.2, 0) is 19.1 Å². The van der Waals surface area contributed by atoms with Crippen LogP contribution in [0.25, 0.3) is 11.3 Å². The Morgan fingerprint density at radius 2 is 1.89 bits per heavy atom. The average molecular weight is 408 g/mol. The number of rotatable bonds is 8. The summed E-state index contributed by atoms with van der Waals surface area (Å²) in [7, 11) is 1.25. The molecule has 7 nitrogen and oxygen atoms in total. The van der Waals surface area contributed by atoms with Crippen LogP contribution in [0.4, 0.5) is 0 Å². The van der Waals surface area contributed by atoms with Gasteiger partial charge in [-0.3, -0.25) is 4.79 Å². The van der Waals surface area contributed by atoms with E-state index in [0.29, 0.717) is 22.8 Å². The second kappa shape index (κ2) is 9.94. The lowest BCUT2D eigenvalue weighted by Crippen LogP contribution is -2.47. The highest BCUT2D eigenvalue weighted by atomic mass is 35.5. The van der Waals surface area contributed by atoms with E-state index in [-0.39, 0.29) is 11.7 Å². The summed E-state index contributed by atoms with van der Waals surface area (Å²) in [5.74, 6) is -1.74. The molecule has 1 heterocycles. The van der Waals surface area contributed by atoms with Gasteiger partial charge in [0.15, 0.2) is 6.61 Å². The molecule has 28 heavy (non-hydrogen) atoms. The predicted octanol–water partition coefficient (Wildman–Crippen LogP) is 3.46. The second-order valence-electron chi connectivity index (χ2n) is 6.17. The number of nitrogens with one attached hydrogen (secondary N) is 1. The van der Waals surface area contributed by atoms with Gasteiger partial charge in [0, 0.05) is 5.56 Å². The number of benzene rings is 1. The molecule has 0 aliphatic rings. The molecule has 0 bridgehead atoms. The fraction of sp³-hybridized carbons (Fsp3) is 0.350. The standard InChI is InChI=1S/C20H22ClNO6/c1-4-12(2)18(20(25)26-3)22-17(23)11-27-19(24)16-10-9-15(28-16)13-7-5-6-8-14(13)21/h5-10,12,18H,4,11H2,1-3H3,(H,22,23)/t12-,18-/m0/s1. The molecular weight excluding hydrogens is 386 g/mol. The second-order valence-corrected chi connectivity index (χ2v) is 6.58. The molecule has 1 amide bonds. The van der Waals surface area contributed by atoms with Gasteiger partial charge in [0.25, 0.3) is 5.91 Å². The molecule has 2 aromatic rings. The van der Waals surface area contributed by atoms with Crippen LogP contribution in [0.3, 0.4) is 0 Å². The van der Waals surface area contributed by atoms with Crippen molar-refractivity contribution >= 4 is 29.4 Å². The number of amides is 1. The highest BCUT2D eigenvalue weighted by molar-refractivity contribution is 6.33. The maximum atomic E-state index is 12.1. The van der Waals surface area contributed by atoms with Crippen LogP contribution in [0, 0.1) is 5.92 Å². The molecule has 0 saturated carbocycles. The molecule has 0 aliphatic heterocycles. The first-order chi connectivity index (χ1) is 13.4. The van der Waals surface area contributed by atoms with E-state index in [0.717, 1.165) is 0 Å². The number of carbonyl (C=O) groups is 3. The van der Waals surface area contributed by atoms with Gasteiger partial charge in [-0.05, 0) is 30.2 Å². The Morgan fingerprint density at radius 3 is 2.54 bits per heavy atom. The lowest BCUT2D eigenvalue weighted by molar-refractivity contribution is -0.147. The minimum Gasteiger partial charge on any atom is -0.467 e. The Bertz CT molecular complexity index is 847. The quantitative estimate of drug-likeness (QED) is 0.673. The molecule has 0 unspecified atom stereocenters. The Morgan fingerprint density at radius 1 is 1.18 bits per heavy atom. The predicted molar refractivity (Wildman–Crippen MR) is 103 cm³/mol. The van der Waals surface area contributed by atoms with E-state index in [1.165, 1.54) is 13.2 Å². The van der Waals surface area contributed by atoms with Crippen LogP contribution in [0.15, 0.2) is 40.8 Å². The largest absolute Gasteiger partial charge is 0.467 e. The van der Waals surface area contributed by atoms with Crippen LogP contribution in [0.5, 0.6) is 0 Å². The molecule has 1 aromatic heterocycles. The van der Waals surface area contributed by atoms with Crippen molar-refractivity contribution in [3.05, 3.63) is 47.2 Å². The zero-order valence-corrected chi connectivity index (χ0v) is 16.6. The summed E-state index contributed by atoms with van der Waals surface area (Å²) in [6, 6.07) is 9.26. The van der Waals surface area contributed by atoms with E-state index in [1.54, 1.807) is 30.3 Å². The normalized spacial score (nSPS) is 12.7. The number of furan rings is 1. The van der Waals surface area contributed by atoms with E-state index < -0.39 is 30.5 Å². The molecule has 2 rings (SSSR count). The van der Waals surface area contributed by atoms with Crippen molar-refractivity contribution in [1.29, 1.82) is 0 Å². The van der Waals surface area contributed by atoms with Gasteiger partial charge in [-0.15, -0.1) is 0 Å². The summed E-state index contributed by atoms with van der Waals surface area (Å²) in [6.45, 7) is 3.15. The number of ether oxygens (including phenoxy) is 2. The van der Waals surface area contributed by atoms with Crippen molar-refractivity contribution in [2.24, 2.45) is 5.92 Å². The maximum Gasteiger partial charge on any atom is 0.374 e. The molecule has 1 aromatic carbocycles. The topological polar surface area (TPSA) is 94.8 Å². The van der Waals surface area contributed by atoms with Gasteiger partial charge < -0.3 is 19.2 Å². The van der Waals surface area contributed by atoms with Gasteiger partial charge in [0.2, 0.25) is 5.76 Å². The third kappa shape index (κ3) is 5.36. The van der Waals surface area contributed by atoms with Crippen LogP contribution in [0.1, 0.15) is 30.8 Å². The molecule has 1 N–H and O–H groups in total. The minimum absolute atomic E-state index is 0.0610. The van der Waals surface area contributed by atoms with Crippen LogP contribution < -0.4 is 5.32 Å². The first-order valence-electron chi connectivity index (χ1n) is 8.76. The summed E-state index contributed by atoms with van der Waals surface area (Å²) >= 11 is 6.11. The molecule has 2 atom stereocenters. The van der Waals surface area contributed by atoms with Crippen LogP contribution in [0.2, 0.25) is 5.02 Å². The third-order valence-electron chi connectivity index (χ3n) is 4.27. The number of esters is 2. The highest BCUT2D eigenvalue weighted by Gasteiger charge is 2.27. The maximum absolute atomic E-state index is 12.1. The van der Waals surface area contributed by atoms with E-state index in [1.807, 2.05) is 13.8 Å². The lowest BCUT2D eigenvalue weighted by Gasteiger charge is -2.21. The van der Waals surface area contributed by atoms with Gasteiger partial charge in [-0.2, -0.15) is 0 Å². The Hall–Kier alpha value is -2.80. The molecule has 0 radical (unpaired) electrons. The fourth-order valence-electron chi connectivity index (χ4n) is 2.47. The first-order valence-corrected chi connectivity index (χ1v) is 9.14. The van der Waals surface area contributed by atoms with Crippen molar-refractivity contribution in [2.45, 2.75) is 26.3 Å². The molecule has 0 aliphatic carbocycles. The van der Waals surface area contributed by atoms with Gasteiger partial charge in [-0.25, -0.2) is 9.59 Å². The van der Waals surface area contributed by atoms with Gasteiger partial charge >= 0.3 is 11.9 Å². The van der Waals surface area contributed by atoms with Crippen molar-refractivity contribution in [3.63, 3.8) is 0 Å². The lowest BCUT2D eigenvalue weighted by atomic mass is 9.99. The number of methoxy groups -OCH3 is 1.